The van der Waals surface area contributed by atoms with Gasteiger partial charge in [-0.05, 0) is 13.0 Å². The highest BCUT2D eigenvalue weighted by atomic mass is 16.3. The molecule has 4 nitrogen and oxygen atoms in total. The number of hydrogen-bond donors (Lipinski definition) is 4. The first-order valence-corrected chi connectivity index (χ1v) is 7.45. The van der Waals surface area contributed by atoms with Crippen molar-refractivity contribution in [3.05, 3.63) is 0 Å². The molecule has 0 aliphatic carbocycles. The van der Waals surface area contributed by atoms with Gasteiger partial charge in [0.2, 0.25) is 0 Å². The third-order valence-electron chi connectivity index (χ3n) is 2.63. The molecule has 0 spiro atoms. The first-order chi connectivity index (χ1) is 8.83. The Morgan fingerprint density at radius 1 is 0.778 bits per heavy atom. The maximum atomic E-state index is 8.15. The fourth-order valence-electron chi connectivity index (χ4n) is 1.56. The molecule has 0 fully saturated rings. The number of aliphatic hydroxyl groups excluding tert-OH is 2. The normalized spacial score (nSPS) is 10.0. The predicted molar refractivity (Wildman–Crippen MR) is 78.7 cm³/mol. The zero-order chi connectivity index (χ0) is 13.9. The van der Waals surface area contributed by atoms with Crippen molar-refractivity contribution >= 4 is 0 Å². The van der Waals surface area contributed by atoms with Crippen molar-refractivity contribution in [2.45, 2.75) is 58.3 Å². The molecule has 0 saturated carbocycles. The van der Waals surface area contributed by atoms with Gasteiger partial charge in [0.25, 0.3) is 0 Å². The van der Waals surface area contributed by atoms with E-state index in [2.05, 4.69) is 12.2 Å². The standard InChI is InChI=1S/C10H23N.C4H11NO2/c1-2-3-4-5-6-7-8-9-10-11;6-3-1-5-2-4-7/h2-11H2,1H3;5-7H,1-4H2. The largest absolute Gasteiger partial charge is 0.395 e. The van der Waals surface area contributed by atoms with Crippen LogP contribution in [0.3, 0.4) is 0 Å². The van der Waals surface area contributed by atoms with Gasteiger partial charge < -0.3 is 21.3 Å². The van der Waals surface area contributed by atoms with E-state index in [1.54, 1.807) is 0 Å². The first-order valence-electron chi connectivity index (χ1n) is 7.45. The third-order valence-corrected chi connectivity index (χ3v) is 2.63. The Morgan fingerprint density at radius 3 is 1.61 bits per heavy atom. The topological polar surface area (TPSA) is 78.5 Å². The Morgan fingerprint density at radius 2 is 1.22 bits per heavy atom. The molecule has 0 unspecified atom stereocenters. The summed E-state index contributed by atoms with van der Waals surface area (Å²) in [7, 11) is 0. The van der Waals surface area contributed by atoms with E-state index in [0.717, 1.165) is 6.54 Å². The molecular weight excluding hydrogens is 228 g/mol. The second kappa shape index (κ2) is 22.1. The monoisotopic (exact) mass is 262 g/mol. The van der Waals surface area contributed by atoms with Gasteiger partial charge in [-0.1, -0.05) is 51.9 Å². The van der Waals surface area contributed by atoms with E-state index in [9.17, 15) is 0 Å². The van der Waals surface area contributed by atoms with Crippen LogP contribution in [0, 0.1) is 0 Å². The molecule has 0 atom stereocenters. The molecule has 112 valence electrons. The molecule has 5 N–H and O–H groups in total. The van der Waals surface area contributed by atoms with Gasteiger partial charge in [0, 0.05) is 13.1 Å². The quantitative estimate of drug-likeness (QED) is 0.403. The Hall–Kier alpha value is -0.160. The highest BCUT2D eigenvalue weighted by Crippen LogP contribution is 2.07. The summed E-state index contributed by atoms with van der Waals surface area (Å²) >= 11 is 0. The summed E-state index contributed by atoms with van der Waals surface area (Å²) in [6.07, 6.45) is 11.0. The van der Waals surface area contributed by atoms with Crippen molar-refractivity contribution in [2.24, 2.45) is 5.73 Å². The molecular formula is C14H34N2O2. The molecule has 0 bridgehead atoms. The molecule has 0 aliphatic rings. The lowest BCUT2D eigenvalue weighted by Crippen LogP contribution is -2.21. The predicted octanol–water partition coefficient (Wildman–Crippen LogP) is 1.65. The molecule has 0 heterocycles. The number of aliphatic hydroxyl groups is 2. The van der Waals surface area contributed by atoms with Gasteiger partial charge in [0.05, 0.1) is 13.2 Å². The summed E-state index contributed by atoms with van der Waals surface area (Å²) in [5, 5.41) is 19.1. The molecule has 0 radical (unpaired) electrons. The summed E-state index contributed by atoms with van der Waals surface area (Å²) in [4.78, 5) is 0. The Bertz CT molecular complexity index is 112. The average Bonchev–Trinajstić information content (AvgIpc) is 2.39. The number of nitrogens with one attached hydrogen (secondary N) is 1. The molecule has 0 saturated heterocycles. The SMILES string of the molecule is CCCCCCCCCCN.OCCNCCO. The minimum absolute atomic E-state index is 0.139. The van der Waals surface area contributed by atoms with Gasteiger partial charge in [-0.2, -0.15) is 0 Å². The van der Waals surface area contributed by atoms with Crippen LogP contribution in [0.25, 0.3) is 0 Å². The van der Waals surface area contributed by atoms with Crippen LogP contribution in [-0.4, -0.2) is 43.1 Å². The Balaban J connectivity index is 0. The fourth-order valence-corrected chi connectivity index (χ4v) is 1.56. The summed E-state index contributed by atoms with van der Waals surface area (Å²) in [6, 6.07) is 0. The maximum Gasteiger partial charge on any atom is 0.0555 e. The van der Waals surface area contributed by atoms with Crippen LogP contribution >= 0.6 is 0 Å². The zero-order valence-corrected chi connectivity index (χ0v) is 12.2. The van der Waals surface area contributed by atoms with Gasteiger partial charge >= 0.3 is 0 Å². The third kappa shape index (κ3) is 24.9. The zero-order valence-electron chi connectivity index (χ0n) is 12.2. The summed E-state index contributed by atoms with van der Waals surface area (Å²) in [5.74, 6) is 0. The van der Waals surface area contributed by atoms with Crippen LogP contribution in [0.4, 0.5) is 0 Å². The van der Waals surface area contributed by atoms with Crippen molar-refractivity contribution < 1.29 is 10.2 Å². The van der Waals surface area contributed by atoms with Crippen LogP contribution in [0.15, 0.2) is 0 Å². The number of hydrogen-bond acceptors (Lipinski definition) is 4. The van der Waals surface area contributed by atoms with E-state index in [1.165, 1.54) is 51.4 Å². The Labute approximate surface area is 113 Å². The van der Waals surface area contributed by atoms with Crippen LogP contribution in [0.2, 0.25) is 0 Å². The molecule has 0 aromatic heterocycles. The van der Waals surface area contributed by atoms with E-state index >= 15 is 0 Å². The lowest BCUT2D eigenvalue weighted by molar-refractivity contribution is 0.267. The minimum atomic E-state index is 0.139. The number of nitrogens with two attached hydrogens (primary N) is 1. The minimum Gasteiger partial charge on any atom is -0.395 e. The molecule has 18 heavy (non-hydrogen) atoms. The van der Waals surface area contributed by atoms with E-state index < -0.39 is 0 Å². The lowest BCUT2D eigenvalue weighted by Gasteiger charge is -1.99. The van der Waals surface area contributed by atoms with Crippen LogP contribution in [-0.2, 0) is 0 Å². The van der Waals surface area contributed by atoms with Gasteiger partial charge in [0.15, 0.2) is 0 Å². The lowest BCUT2D eigenvalue weighted by atomic mass is 10.1. The fraction of sp³-hybridized carbons (Fsp3) is 1.00. The molecule has 0 rings (SSSR count). The average molecular weight is 262 g/mol. The van der Waals surface area contributed by atoms with Crippen molar-refractivity contribution in [3.63, 3.8) is 0 Å². The smallest absolute Gasteiger partial charge is 0.0555 e. The van der Waals surface area contributed by atoms with Crippen LogP contribution < -0.4 is 11.1 Å². The van der Waals surface area contributed by atoms with E-state index in [4.69, 9.17) is 15.9 Å². The van der Waals surface area contributed by atoms with E-state index in [-0.39, 0.29) is 13.2 Å². The van der Waals surface area contributed by atoms with Crippen molar-refractivity contribution in [3.8, 4) is 0 Å². The van der Waals surface area contributed by atoms with Gasteiger partial charge in [0.1, 0.15) is 0 Å². The van der Waals surface area contributed by atoms with Crippen molar-refractivity contribution in [1.29, 1.82) is 0 Å². The number of unbranched alkanes of at least 4 members (excludes halogenated alkanes) is 7. The Kier molecular flexibility index (Phi) is 24.7. The van der Waals surface area contributed by atoms with Gasteiger partial charge in [-0.15, -0.1) is 0 Å². The summed E-state index contributed by atoms with van der Waals surface area (Å²) < 4.78 is 0. The van der Waals surface area contributed by atoms with Gasteiger partial charge in [-0.3, -0.25) is 0 Å². The molecule has 0 aromatic rings. The highest BCUT2D eigenvalue weighted by molar-refractivity contribution is 4.45. The number of rotatable bonds is 12. The second-order valence-electron chi connectivity index (χ2n) is 4.46. The van der Waals surface area contributed by atoms with Crippen LogP contribution in [0.5, 0.6) is 0 Å². The maximum absolute atomic E-state index is 8.15. The second-order valence-corrected chi connectivity index (χ2v) is 4.46. The molecule has 4 heteroatoms. The molecule has 0 aliphatic heterocycles. The van der Waals surface area contributed by atoms with E-state index in [1.807, 2.05) is 0 Å². The summed E-state index contributed by atoms with van der Waals surface area (Å²) in [5.41, 5.74) is 5.39. The first kappa shape index (κ1) is 20.2. The van der Waals surface area contributed by atoms with Gasteiger partial charge in [-0.25, -0.2) is 0 Å². The molecule has 0 aromatic carbocycles. The van der Waals surface area contributed by atoms with E-state index in [0.29, 0.717) is 13.1 Å². The highest BCUT2D eigenvalue weighted by Gasteiger charge is 1.89. The van der Waals surface area contributed by atoms with Crippen molar-refractivity contribution in [1.82, 2.24) is 5.32 Å². The molecule has 0 amide bonds. The van der Waals surface area contributed by atoms with Crippen LogP contribution in [0.1, 0.15) is 58.3 Å². The summed E-state index contributed by atoms with van der Waals surface area (Å²) in [6.45, 7) is 4.55. The van der Waals surface area contributed by atoms with Crippen molar-refractivity contribution in [2.75, 3.05) is 32.8 Å².